The van der Waals surface area contributed by atoms with E-state index in [1.54, 1.807) is 9.58 Å². The average Bonchev–Trinajstić information content (AvgIpc) is 3.03. The van der Waals surface area contributed by atoms with Crippen LogP contribution in [0.2, 0.25) is 0 Å². The lowest BCUT2D eigenvalue weighted by Gasteiger charge is -2.33. The van der Waals surface area contributed by atoms with Crippen molar-refractivity contribution in [2.75, 3.05) is 18.8 Å². The third-order valence-corrected chi connectivity index (χ3v) is 4.76. The van der Waals surface area contributed by atoms with Crippen molar-refractivity contribution in [1.82, 2.24) is 14.7 Å². The third kappa shape index (κ3) is 4.77. The highest BCUT2D eigenvalue weighted by molar-refractivity contribution is 5.73. The van der Waals surface area contributed by atoms with Crippen LogP contribution in [0.5, 0.6) is 5.75 Å². The van der Waals surface area contributed by atoms with Crippen LogP contribution >= 0.6 is 0 Å². The molecule has 2 heterocycles. The highest BCUT2D eigenvalue weighted by atomic mass is 16.6. The molecule has 1 aliphatic heterocycles. The van der Waals surface area contributed by atoms with Crippen LogP contribution in [0.25, 0.3) is 11.1 Å². The lowest BCUT2D eigenvalue weighted by Crippen LogP contribution is -2.44. The van der Waals surface area contributed by atoms with Crippen molar-refractivity contribution in [1.29, 1.82) is 0 Å². The minimum absolute atomic E-state index is 0.0321. The summed E-state index contributed by atoms with van der Waals surface area (Å²) >= 11 is 0. The van der Waals surface area contributed by atoms with Crippen LogP contribution in [0.3, 0.4) is 0 Å². The molecule has 0 bridgehead atoms. The van der Waals surface area contributed by atoms with Gasteiger partial charge in [-0.25, -0.2) is 4.79 Å². The second kappa shape index (κ2) is 7.73. The molecule has 28 heavy (non-hydrogen) atoms. The number of aromatic nitrogens is 2. The number of aryl methyl sites for hydroxylation is 2. The number of amides is 1. The normalized spacial score (nSPS) is 15.5. The molecule has 0 atom stereocenters. The zero-order valence-electron chi connectivity index (χ0n) is 17.4. The summed E-state index contributed by atoms with van der Waals surface area (Å²) in [6.45, 7) is 8.90. The van der Waals surface area contributed by atoms with Gasteiger partial charge in [0.05, 0.1) is 11.9 Å². The van der Waals surface area contributed by atoms with Crippen molar-refractivity contribution in [3.05, 3.63) is 30.1 Å². The molecule has 0 unspecified atom stereocenters. The molecule has 1 amide bonds. The van der Waals surface area contributed by atoms with E-state index in [0.717, 1.165) is 29.5 Å². The van der Waals surface area contributed by atoms with E-state index in [9.17, 15) is 4.79 Å². The van der Waals surface area contributed by atoms with Crippen LogP contribution in [0.1, 0.15) is 39.2 Å². The number of piperidine rings is 1. The van der Waals surface area contributed by atoms with Crippen molar-refractivity contribution < 1.29 is 14.3 Å². The van der Waals surface area contributed by atoms with Gasteiger partial charge in [-0.1, -0.05) is 0 Å². The Bertz CT molecular complexity index is 846. The number of anilines is 1. The van der Waals surface area contributed by atoms with Gasteiger partial charge < -0.3 is 20.1 Å². The number of benzene rings is 1. The van der Waals surface area contributed by atoms with E-state index in [1.807, 2.05) is 59.3 Å². The summed E-state index contributed by atoms with van der Waals surface area (Å²) < 4.78 is 13.4. The van der Waals surface area contributed by atoms with Crippen LogP contribution in [-0.2, 0) is 11.8 Å². The van der Waals surface area contributed by atoms with E-state index >= 15 is 0 Å². The Balaban J connectivity index is 1.62. The zero-order valence-corrected chi connectivity index (χ0v) is 17.4. The summed E-state index contributed by atoms with van der Waals surface area (Å²) in [6, 6.07) is 3.93. The van der Waals surface area contributed by atoms with Crippen molar-refractivity contribution in [3.63, 3.8) is 0 Å². The predicted molar refractivity (Wildman–Crippen MR) is 109 cm³/mol. The summed E-state index contributed by atoms with van der Waals surface area (Å²) in [6.07, 6.45) is 5.07. The van der Waals surface area contributed by atoms with E-state index in [4.69, 9.17) is 15.2 Å². The maximum atomic E-state index is 12.2. The molecule has 0 spiro atoms. The van der Waals surface area contributed by atoms with Gasteiger partial charge in [0.15, 0.2) is 0 Å². The molecule has 7 nitrogen and oxygen atoms in total. The van der Waals surface area contributed by atoms with E-state index in [2.05, 4.69) is 5.10 Å². The Labute approximate surface area is 166 Å². The van der Waals surface area contributed by atoms with Crippen molar-refractivity contribution >= 4 is 11.8 Å². The lowest BCUT2D eigenvalue weighted by molar-refractivity contribution is 0.0127. The van der Waals surface area contributed by atoms with Gasteiger partial charge in [-0.05, 0) is 51.0 Å². The van der Waals surface area contributed by atoms with Crippen LogP contribution in [0.4, 0.5) is 10.5 Å². The van der Waals surface area contributed by atoms with E-state index in [-0.39, 0.29) is 12.2 Å². The summed E-state index contributed by atoms with van der Waals surface area (Å²) in [4.78, 5) is 13.9. The molecule has 1 fully saturated rings. The summed E-state index contributed by atoms with van der Waals surface area (Å²) in [5.74, 6) is 0.695. The van der Waals surface area contributed by atoms with Crippen LogP contribution in [0.15, 0.2) is 24.5 Å². The van der Waals surface area contributed by atoms with Crippen LogP contribution in [0, 0.1) is 6.92 Å². The van der Waals surface area contributed by atoms with Crippen LogP contribution < -0.4 is 10.5 Å². The molecule has 7 heteroatoms. The smallest absolute Gasteiger partial charge is 0.410 e. The maximum Gasteiger partial charge on any atom is 0.410 e. The number of hydrogen-bond donors (Lipinski definition) is 1. The van der Waals surface area contributed by atoms with E-state index in [1.165, 1.54) is 0 Å². The molecule has 2 aromatic rings. The lowest BCUT2D eigenvalue weighted by atomic mass is 10.0. The molecule has 0 aliphatic carbocycles. The van der Waals surface area contributed by atoms with Gasteiger partial charge in [0.2, 0.25) is 0 Å². The zero-order chi connectivity index (χ0) is 20.5. The summed E-state index contributed by atoms with van der Waals surface area (Å²) in [5.41, 5.74) is 9.56. The standard InChI is InChI=1S/C21H30N4O3/c1-14-10-19(18(22)11-17(14)15-12-23-24(5)13-15)27-16-6-8-25(9-7-16)20(26)28-21(2,3)4/h10-13,16H,6-9,22H2,1-5H3. The molecule has 1 aromatic carbocycles. The number of likely N-dealkylation sites (tertiary alicyclic amines) is 1. The number of ether oxygens (including phenoxy) is 2. The largest absolute Gasteiger partial charge is 0.488 e. The Kier molecular flexibility index (Phi) is 5.54. The van der Waals surface area contributed by atoms with Gasteiger partial charge in [-0.3, -0.25) is 4.68 Å². The fourth-order valence-corrected chi connectivity index (χ4v) is 3.33. The number of nitrogens with zero attached hydrogens (tertiary/aromatic N) is 3. The maximum absolute atomic E-state index is 12.2. The Morgan fingerprint density at radius 2 is 1.93 bits per heavy atom. The van der Waals surface area contributed by atoms with Gasteiger partial charge in [0.25, 0.3) is 0 Å². The predicted octanol–water partition coefficient (Wildman–Crippen LogP) is 3.76. The summed E-state index contributed by atoms with van der Waals surface area (Å²) in [7, 11) is 1.89. The second-order valence-corrected chi connectivity index (χ2v) is 8.39. The molecule has 2 N–H and O–H groups in total. The molecule has 1 aromatic heterocycles. The summed E-state index contributed by atoms with van der Waals surface area (Å²) in [5, 5.41) is 4.23. The number of carbonyl (C=O) groups is 1. The molecule has 1 aliphatic rings. The first-order chi connectivity index (χ1) is 13.1. The molecule has 1 saturated heterocycles. The quantitative estimate of drug-likeness (QED) is 0.812. The van der Waals surface area contributed by atoms with E-state index in [0.29, 0.717) is 24.5 Å². The van der Waals surface area contributed by atoms with Crippen molar-refractivity contribution in [2.45, 2.75) is 52.2 Å². The number of rotatable bonds is 3. The average molecular weight is 386 g/mol. The minimum atomic E-state index is -0.480. The van der Waals surface area contributed by atoms with Gasteiger partial charge in [0.1, 0.15) is 17.5 Å². The SMILES string of the molecule is Cc1cc(OC2CCN(C(=O)OC(C)(C)C)CC2)c(N)cc1-c1cnn(C)c1. The van der Waals surface area contributed by atoms with Gasteiger partial charge in [0, 0.05) is 44.7 Å². The first-order valence-corrected chi connectivity index (χ1v) is 9.66. The third-order valence-electron chi connectivity index (χ3n) is 4.76. The number of carbonyl (C=O) groups excluding carboxylic acids is 1. The molecule has 0 radical (unpaired) electrons. The van der Waals surface area contributed by atoms with Gasteiger partial charge in [-0.15, -0.1) is 0 Å². The molecule has 0 saturated carbocycles. The molecular weight excluding hydrogens is 356 g/mol. The number of nitrogen functional groups attached to an aromatic ring is 1. The Morgan fingerprint density at radius 1 is 1.25 bits per heavy atom. The number of hydrogen-bond acceptors (Lipinski definition) is 5. The monoisotopic (exact) mass is 386 g/mol. The highest BCUT2D eigenvalue weighted by Gasteiger charge is 2.28. The highest BCUT2D eigenvalue weighted by Crippen LogP contribution is 2.33. The van der Waals surface area contributed by atoms with E-state index < -0.39 is 5.60 Å². The first kappa shape index (κ1) is 20.0. The van der Waals surface area contributed by atoms with Crippen molar-refractivity contribution in [3.8, 4) is 16.9 Å². The Morgan fingerprint density at radius 3 is 2.50 bits per heavy atom. The van der Waals surface area contributed by atoms with Crippen molar-refractivity contribution in [2.24, 2.45) is 7.05 Å². The fraction of sp³-hybridized carbons (Fsp3) is 0.524. The van der Waals surface area contributed by atoms with Gasteiger partial charge in [-0.2, -0.15) is 5.10 Å². The first-order valence-electron chi connectivity index (χ1n) is 9.66. The Hall–Kier alpha value is -2.70. The molecular formula is C21H30N4O3. The van der Waals surface area contributed by atoms with Gasteiger partial charge >= 0.3 is 6.09 Å². The fourth-order valence-electron chi connectivity index (χ4n) is 3.33. The molecule has 152 valence electrons. The van der Waals surface area contributed by atoms with Crippen LogP contribution in [-0.4, -0.2) is 45.6 Å². The second-order valence-electron chi connectivity index (χ2n) is 8.39. The number of nitrogens with two attached hydrogens (primary N) is 1. The molecule has 3 rings (SSSR count). The topological polar surface area (TPSA) is 82.6 Å². The minimum Gasteiger partial charge on any atom is -0.488 e.